The largest absolute Gasteiger partial charge is 0.401 e. The number of halogens is 3. The second kappa shape index (κ2) is 6.21. The fraction of sp³-hybridized carbons (Fsp3) is 0.538. The van der Waals surface area contributed by atoms with Gasteiger partial charge in [0.2, 0.25) is 5.91 Å². The zero-order valence-electron chi connectivity index (χ0n) is 10.9. The van der Waals surface area contributed by atoms with Gasteiger partial charge in [-0.1, -0.05) is 6.07 Å². The van der Waals surface area contributed by atoms with Crippen molar-refractivity contribution in [1.29, 1.82) is 0 Å². The maximum atomic E-state index is 12.0. The summed E-state index contributed by atoms with van der Waals surface area (Å²) in [6.07, 6.45) is 0.814. The molecule has 1 fully saturated rings. The molecule has 0 bridgehead atoms. The number of aromatic nitrogens is 1. The highest BCUT2D eigenvalue weighted by atomic mass is 19.4. The summed E-state index contributed by atoms with van der Waals surface area (Å²) in [6, 6.07) is 3.77. The summed E-state index contributed by atoms with van der Waals surface area (Å²) in [4.78, 5) is 17.6. The number of nitrogens with one attached hydrogen (secondary N) is 1. The fourth-order valence-corrected chi connectivity index (χ4v) is 1.91. The molecule has 1 heterocycles. The molecule has 0 atom stereocenters. The topological polar surface area (TPSA) is 45.2 Å². The van der Waals surface area contributed by atoms with Crippen LogP contribution in [0, 0.1) is 0 Å². The summed E-state index contributed by atoms with van der Waals surface area (Å²) in [5.41, 5.74) is 0.878. The van der Waals surface area contributed by atoms with Gasteiger partial charge in [0.25, 0.3) is 0 Å². The summed E-state index contributed by atoms with van der Waals surface area (Å²) in [7, 11) is 0. The summed E-state index contributed by atoms with van der Waals surface area (Å²) in [6.45, 7) is -1.05. The van der Waals surface area contributed by atoms with Gasteiger partial charge in [0, 0.05) is 25.0 Å². The summed E-state index contributed by atoms with van der Waals surface area (Å²) < 4.78 is 36.1. The van der Waals surface area contributed by atoms with Gasteiger partial charge in [-0.25, -0.2) is 0 Å². The predicted molar refractivity (Wildman–Crippen MR) is 66.7 cm³/mol. The van der Waals surface area contributed by atoms with E-state index < -0.39 is 12.7 Å². The van der Waals surface area contributed by atoms with E-state index in [1.807, 2.05) is 6.07 Å². The number of carbonyl (C=O) groups is 1. The van der Waals surface area contributed by atoms with Crippen molar-refractivity contribution < 1.29 is 18.0 Å². The van der Waals surface area contributed by atoms with Crippen molar-refractivity contribution in [1.82, 2.24) is 15.2 Å². The van der Waals surface area contributed by atoms with Crippen molar-refractivity contribution in [3.05, 3.63) is 30.1 Å². The highest BCUT2D eigenvalue weighted by Crippen LogP contribution is 2.28. The molecule has 0 radical (unpaired) electrons. The predicted octanol–water partition coefficient (Wildman–Crippen LogP) is 1.72. The number of amides is 1. The van der Waals surface area contributed by atoms with Crippen LogP contribution in [-0.2, 0) is 11.3 Å². The van der Waals surface area contributed by atoms with Gasteiger partial charge in [0.1, 0.15) is 0 Å². The first-order chi connectivity index (χ1) is 9.46. The molecule has 0 unspecified atom stereocenters. The number of hydrogen-bond acceptors (Lipinski definition) is 3. The van der Waals surface area contributed by atoms with E-state index in [4.69, 9.17) is 0 Å². The number of carbonyl (C=O) groups excluding carboxylic acids is 1. The second-order valence-corrected chi connectivity index (χ2v) is 4.83. The molecular weight excluding hydrogens is 271 g/mol. The molecule has 110 valence electrons. The van der Waals surface area contributed by atoms with Gasteiger partial charge in [0.05, 0.1) is 13.1 Å². The molecule has 1 amide bonds. The van der Waals surface area contributed by atoms with Gasteiger partial charge in [-0.15, -0.1) is 0 Å². The SMILES string of the molecule is O=C(CNCC(F)(F)F)N(Cc1cccnc1)C1CC1. The molecule has 1 N–H and O–H groups in total. The number of rotatable bonds is 6. The van der Waals surface area contributed by atoms with Gasteiger partial charge < -0.3 is 10.2 Å². The Morgan fingerprint density at radius 3 is 2.75 bits per heavy atom. The summed E-state index contributed by atoms with van der Waals surface area (Å²) >= 11 is 0. The standard InChI is InChI=1S/C13H16F3N3O/c14-13(15,16)9-18-7-12(20)19(11-3-4-11)8-10-2-1-5-17-6-10/h1-2,5-6,11,18H,3-4,7-9H2. The van der Waals surface area contributed by atoms with Crippen LogP contribution in [0.2, 0.25) is 0 Å². The average Bonchev–Trinajstić information content (AvgIpc) is 3.19. The van der Waals surface area contributed by atoms with Gasteiger partial charge in [-0.05, 0) is 24.5 Å². The lowest BCUT2D eigenvalue weighted by Crippen LogP contribution is -2.41. The van der Waals surface area contributed by atoms with E-state index >= 15 is 0 Å². The monoisotopic (exact) mass is 287 g/mol. The minimum Gasteiger partial charge on any atom is -0.334 e. The molecule has 1 aliphatic rings. The maximum absolute atomic E-state index is 12.0. The first-order valence-corrected chi connectivity index (χ1v) is 6.41. The lowest BCUT2D eigenvalue weighted by molar-refractivity contribution is -0.135. The normalized spacial score (nSPS) is 15.2. The van der Waals surface area contributed by atoms with Crippen LogP contribution in [0.15, 0.2) is 24.5 Å². The number of pyridine rings is 1. The van der Waals surface area contributed by atoms with Crippen LogP contribution in [0.25, 0.3) is 0 Å². The van der Waals surface area contributed by atoms with Crippen LogP contribution in [0.5, 0.6) is 0 Å². The van der Waals surface area contributed by atoms with Crippen LogP contribution in [-0.4, -0.2) is 41.1 Å². The van der Waals surface area contributed by atoms with Crippen molar-refractivity contribution in [2.24, 2.45) is 0 Å². The lowest BCUT2D eigenvalue weighted by atomic mass is 10.2. The van der Waals surface area contributed by atoms with Crippen molar-refractivity contribution in [2.75, 3.05) is 13.1 Å². The van der Waals surface area contributed by atoms with Gasteiger partial charge in [-0.2, -0.15) is 13.2 Å². The highest BCUT2D eigenvalue weighted by molar-refractivity contribution is 5.79. The van der Waals surface area contributed by atoms with Crippen LogP contribution in [0.1, 0.15) is 18.4 Å². The molecule has 1 aromatic rings. The molecule has 2 rings (SSSR count). The van der Waals surface area contributed by atoms with Gasteiger partial charge in [-0.3, -0.25) is 9.78 Å². The first-order valence-electron chi connectivity index (χ1n) is 6.41. The van der Waals surface area contributed by atoms with Crippen LogP contribution in [0.3, 0.4) is 0 Å². The van der Waals surface area contributed by atoms with Crippen molar-refractivity contribution in [2.45, 2.75) is 31.6 Å². The molecule has 0 spiro atoms. The van der Waals surface area contributed by atoms with Crippen molar-refractivity contribution >= 4 is 5.91 Å². The zero-order valence-corrected chi connectivity index (χ0v) is 10.9. The van der Waals surface area contributed by atoms with E-state index in [1.165, 1.54) is 0 Å². The Labute approximate surface area is 115 Å². The third-order valence-corrected chi connectivity index (χ3v) is 2.99. The number of nitrogens with zero attached hydrogens (tertiary/aromatic N) is 2. The van der Waals surface area contributed by atoms with E-state index in [0.29, 0.717) is 6.54 Å². The van der Waals surface area contributed by atoms with Crippen LogP contribution < -0.4 is 5.32 Å². The Morgan fingerprint density at radius 1 is 1.45 bits per heavy atom. The molecule has 0 aliphatic heterocycles. The minimum absolute atomic E-state index is 0.149. The molecule has 0 aromatic carbocycles. The van der Waals surface area contributed by atoms with E-state index in [9.17, 15) is 18.0 Å². The van der Waals surface area contributed by atoms with Crippen molar-refractivity contribution in [3.63, 3.8) is 0 Å². The van der Waals surface area contributed by atoms with E-state index in [-0.39, 0.29) is 18.5 Å². The average molecular weight is 287 g/mol. The molecule has 0 saturated heterocycles. The Kier molecular flexibility index (Phi) is 4.59. The Morgan fingerprint density at radius 2 is 2.20 bits per heavy atom. The zero-order chi connectivity index (χ0) is 14.6. The van der Waals surface area contributed by atoms with Crippen LogP contribution >= 0.6 is 0 Å². The van der Waals surface area contributed by atoms with E-state index in [0.717, 1.165) is 18.4 Å². The third-order valence-electron chi connectivity index (χ3n) is 2.99. The van der Waals surface area contributed by atoms with Gasteiger partial charge >= 0.3 is 6.18 Å². The molecule has 20 heavy (non-hydrogen) atoms. The Bertz CT molecular complexity index is 446. The minimum atomic E-state index is -4.30. The fourth-order valence-electron chi connectivity index (χ4n) is 1.91. The quantitative estimate of drug-likeness (QED) is 0.866. The maximum Gasteiger partial charge on any atom is 0.401 e. The smallest absolute Gasteiger partial charge is 0.334 e. The third kappa shape index (κ3) is 4.80. The van der Waals surface area contributed by atoms with Gasteiger partial charge in [0.15, 0.2) is 0 Å². The molecule has 1 aromatic heterocycles. The Balaban J connectivity index is 1.87. The number of hydrogen-bond donors (Lipinski definition) is 1. The summed E-state index contributed by atoms with van der Waals surface area (Å²) in [5, 5.41) is 2.14. The Hall–Kier alpha value is -1.63. The molecule has 4 nitrogen and oxygen atoms in total. The lowest BCUT2D eigenvalue weighted by Gasteiger charge is -2.22. The summed E-state index contributed by atoms with van der Waals surface area (Å²) in [5.74, 6) is -0.305. The van der Waals surface area contributed by atoms with Crippen molar-refractivity contribution in [3.8, 4) is 0 Å². The van der Waals surface area contributed by atoms with E-state index in [1.54, 1.807) is 23.4 Å². The van der Waals surface area contributed by atoms with E-state index in [2.05, 4.69) is 10.3 Å². The second-order valence-electron chi connectivity index (χ2n) is 4.83. The van der Waals surface area contributed by atoms with Crippen LogP contribution in [0.4, 0.5) is 13.2 Å². The molecular formula is C13H16F3N3O. The molecule has 7 heteroatoms. The molecule has 1 saturated carbocycles. The molecule has 1 aliphatic carbocycles. The number of alkyl halides is 3. The highest BCUT2D eigenvalue weighted by Gasteiger charge is 2.33. The first kappa shape index (κ1) is 14.8.